The Morgan fingerprint density at radius 2 is 0.862 bits per heavy atom. The first-order valence-corrected chi connectivity index (χ1v) is 37.8. The smallest absolute Gasteiger partial charge is 0.187 e. The van der Waals surface area contributed by atoms with Gasteiger partial charge in [-0.3, -0.25) is 4.79 Å². The van der Waals surface area contributed by atoms with Crippen molar-refractivity contribution in [2.24, 2.45) is 52.3 Å². The summed E-state index contributed by atoms with van der Waals surface area (Å²) in [6.45, 7) is 3.28. The first-order chi connectivity index (χ1) is 51.5. The molecule has 0 radical (unpaired) electrons. The van der Waals surface area contributed by atoms with Crippen molar-refractivity contribution in [1.29, 1.82) is 0 Å². The van der Waals surface area contributed by atoms with Crippen LogP contribution < -0.4 is 0 Å². The second kappa shape index (κ2) is 34.6. The number of ether oxygens (including phenoxy) is 15. The molecule has 12 fully saturated rings. The van der Waals surface area contributed by atoms with E-state index in [9.17, 15) is 123 Å². The Balaban J connectivity index is 0.731. The van der Waals surface area contributed by atoms with Crippen LogP contribution in [0.1, 0.15) is 86.0 Å². The van der Waals surface area contributed by atoms with Crippen LogP contribution in [0.5, 0.6) is 0 Å². The normalized spacial score (nSPS) is 55.4. The van der Waals surface area contributed by atoms with Crippen LogP contribution >= 0.6 is 0 Å². The lowest BCUT2D eigenvalue weighted by molar-refractivity contribution is -0.414. The summed E-state index contributed by atoms with van der Waals surface area (Å²) in [6, 6.07) is 0. The van der Waals surface area contributed by atoms with Crippen LogP contribution in [-0.4, -0.2) is 414 Å². The highest BCUT2D eigenvalue weighted by molar-refractivity contribution is 5.87. The topological polar surface area (TPSA) is 641 Å². The molecule has 0 aromatic heterocycles. The van der Waals surface area contributed by atoms with Gasteiger partial charge in [-0.15, -0.1) is 0 Å². The van der Waals surface area contributed by atoms with Crippen LogP contribution in [0.2, 0.25) is 0 Å². The number of Topliss-reactive ketones (excluding diaryl/α,β-unsaturated/α-hetero) is 1. The molecule has 0 amide bonds. The highest BCUT2D eigenvalue weighted by atomic mass is 16.8. The summed E-state index contributed by atoms with van der Waals surface area (Å²) >= 11 is 0. The summed E-state index contributed by atoms with van der Waals surface area (Å²) in [7, 11) is 0. The Morgan fingerprint density at radius 1 is 0.431 bits per heavy atom. The van der Waals surface area contributed by atoms with Crippen LogP contribution in [0.4, 0.5) is 0 Å². The molecule has 8 saturated heterocycles. The number of carbonyl (C=O) groups is 1. The molecule has 48 atom stereocenters. The van der Waals surface area contributed by atoms with Gasteiger partial charge in [-0.05, 0) is 80.5 Å². The van der Waals surface area contributed by atoms with E-state index in [-0.39, 0.29) is 61.2 Å². The Hall–Kier alpha value is -1.89. The van der Waals surface area contributed by atoms with E-state index >= 15 is 4.79 Å². The lowest BCUT2D eigenvalue weighted by atomic mass is 9.43. The Bertz CT molecular complexity index is 2950. The Morgan fingerprint density at radius 3 is 1.42 bits per heavy atom. The first kappa shape index (κ1) is 86.5. The van der Waals surface area contributed by atoms with Gasteiger partial charge in [-0.1, -0.05) is 27.7 Å². The predicted octanol–water partition coefficient (Wildman–Crippen LogP) is -11.3. The molecule has 630 valence electrons. The first-order valence-electron chi connectivity index (χ1n) is 37.8. The minimum absolute atomic E-state index is 0.0233. The number of fused-ring (bicyclic) bond motifs is 7. The number of rotatable bonds is 24. The molecule has 109 heavy (non-hydrogen) atoms. The summed E-state index contributed by atoms with van der Waals surface area (Å²) < 4.78 is 89.6. The van der Waals surface area contributed by atoms with Crippen molar-refractivity contribution in [2.75, 3.05) is 46.2 Å². The third-order valence-corrected chi connectivity index (χ3v) is 26.3. The van der Waals surface area contributed by atoms with Crippen LogP contribution in [0.25, 0.3) is 0 Å². The average molecular weight is 1580 g/mol. The third kappa shape index (κ3) is 16.0. The second-order valence-electron chi connectivity index (χ2n) is 32.7. The van der Waals surface area contributed by atoms with Gasteiger partial charge >= 0.3 is 0 Å². The monoisotopic (exact) mass is 1580 g/mol. The molecule has 12 rings (SSSR count). The van der Waals surface area contributed by atoms with Gasteiger partial charge in [0.05, 0.1) is 70.7 Å². The van der Waals surface area contributed by atoms with Gasteiger partial charge in [-0.25, -0.2) is 0 Å². The fraction of sp³-hybridized carbons (Fsp3) is 0.986. The molecule has 0 aromatic carbocycles. The molecule has 24 N–H and O–H groups in total. The number of aliphatic hydroxyl groups excluding tert-OH is 23. The van der Waals surface area contributed by atoms with E-state index in [2.05, 4.69) is 6.92 Å². The van der Waals surface area contributed by atoms with Crippen LogP contribution in [0.15, 0.2) is 0 Å². The number of ketones is 1. The summed E-state index contributed by atoms with van der Waals surface area (Å²) in [5.74, 6) is -3.70. The summed E-state index contributed by atoms with van der Waals surface area (Å²) in [5, 5.41) is 265. The van der Waals surface area contributed by atoms with Crippen LogP contribution in [0.3, 0.4) is 0 Å². The number of aliphatic hydroxyl groups is 24. The minimum Gasteiger partial charge on any atom is -0.394 e. The van der Waals surface area contributed by atoms with Gasteiger partial charge in [0, 0.05) is 30.1 Å². The molecule has 8 heterocycles. The molecule has 0 spiro atoms. The van der Waals surface area contributed by atoms with Crippen LogP contribution in [0, 0.1) is 52.3 Å². The zero-order valence-corrected chi connectivity index (χ0v) is 60.9. The third-order valence-electron chi connectivity index (χ3n) is 26.3. The summed E-state index contributed by atoms with van der Waals surface area (Å²) in [5.41, 5.74) is -1.55. The quantitative estimate of drug-likeness (QED) is 0.0399. The van der Waals surface area contributed by atoms with Crippen molar-refractivity contribution in [3.05, 3.63) is 0 Å². The largest absolute Gasteiger partial charge is 0.394 e. The molecule has 0 aromatic rings. The van der Waals surface area contributed by atoms with Crippen molar-refractivity contribution in [1.82, 2.24) is 0 Å². The molecule has 8 aliphatic heterocycles. The Labute approximate surface area is 625 Å². The standard InChI is InChI=1S/C69H114O40/c1-21(20-95-60-49(88)45(84)40(79)31(14-70)98-60)6-9-69(94)22(2)38-30(109-69)12-27-25-11-29(76)28-10-24(7-8-67(28,4)26(25)13-37(77)68(27,38)5)97-62-52(91)47(86)56(36(19-75)102-62)105-66-59(108-65-54(93)57(42(81)33(16-72)100-65)106-63-51(90)46(85)41(80)32(15-71)99-63)58(43(82)34(17-73)101-66)107-64-53(92)48(87)55(35(18-74)103-64)104-61-50(89)44(83)39(78)23(3)96-61/h21-36,38-66,70-76,78-94H,6-20H2,1-5H3/t21-,22+,23+,24+,25-,26+,27+,28-,29+,30+,31-,32-,33-,34-,35-,36-,38+,39+,40-,41-,42-,43-,44-,45+,46+,47-,48-,49-,50-,51-,52-,53-,54-,55-,56+,57+,58+,59-,60-,61+,62-,63+,64+,65+,66+,67-,68-,69-/m1/s1. The van der Waals surface area contributed by atoms with Crippen LogP contribution in [-0.2, 0) is 75.8 Å². The predicted molar refractivity (Wildman–Crippen MR) is 350 cm³/mol. The zero-order chi connectivity index (χ0) is 79.3. The van der Waals surface area contributed by atoms with E-state index in [1.807, 2.05) is 20.8 Å². The van der Waals surface area contributed by atoms with E-state index in [0.717, 1.165) is 0 Å². The van der Waals surface area contributed by atoms with Crippen molar-refractivity contribution in [3.8, 4) is 0 Å². The van der Waals surface area contributed by atoms with Crippen molar-refractivity contribution in [3.63, 3.8) is 0 Å². The van der Waals surface area contributed by atoms with Crippen molar-refractivity contribution < 1.29 is 198 Å². The second-order valence-corrected chi connectivity index (χ2v) is 32.7. The van der Waals surface area contributed by atoms with Gasteiger partial charge < -0.3 is 194 Å². The fourth-order valence-electron chi connectivity index (χ4n) is 19.8. The molecule has 0 unspecified atom stereocenters. The molecular formula is C69H114O40. The number of hydrogen-bond acceptors (Lipinski definition) is 40. The minimum atomic E-state index is -2.34. The lowest BCUT2D eigenvalue weighted by Crippen LogP contribution is -2.69. The van der Waals surface area contributed by atoms with E-state index in [1.54, 1.807) is 0 Å². The van der Waals surface area contributed by atoms with Gasteiger partial charge in [0.15, 0.2) is 49.8 Å². The van der Waals surface area contributed by atoms with E-state index < -0.39 is 301 Å². The maximum absolute atomic E-state index is 15.0. The molecule has 4 aliphatic carbocycles. The van der Waals surface area contributed by atoms with Gasteiger partial charge in [0.1, 0.15) is 171 Å². The molecule has 4 saturated carbocycles. The maximum atomic E-state index is 15.0. The maximum Gasteiger partial charge on any atom is 0.187 e. The van der Waals surface area contributed by atoms with Crippen molar-refractivity contribution >= 4 is 5.78 Å². The summed E-state index contributed by atoms with van der Waals surface area (Å²) in [6.07, 6.45) is -66.1. The van der Waals surface area contributed by atoms with Gasteiger partial charge in [-0.2, -0.15) is 0 Å². The number of carbonyl (C=O) groups excluding carboxylic acids is 1. The van der Waals surface area contributed by atoms with E-state index in [1.165, 1.54) is 6.92 Å². The van der Waals surface area contributed by atoms with Gasteiger partial charge in [0.25, 0.3) is 0 Å². The highest BCUT2D eigenvalue weighted by Gasteiger charge is 2.72. The van der Waals surface area contributed by atoms with Crippen molar-refractivity contribution in [2.45, 2.75) is 325 Å². The molecule has 40 nitrogen and oxygen atoms in total. The van der Waals surface area contributed by atoms with E-state index in [0.29, 0.717) is 32.1 Å². The Kier molecular flexibility index (Phi) is 27.4. The molecular weight excluding hydrogens is 1470 g/mol. The zero-order valence-electron chi connectivity index (χ0n) is 60.9. The SMILES string of the molecule is C[C@H](CC[C@@]1(O)O[C@H]2C[C@H]3[C@@H]4C[C@H](O)[C@H]5C[C@@H](O[C@@H]6O[C@H](CO)[C@H](O[C@@H]7O[C@H](CO)[C@@H](O)[C@H](O[C@@H]8O[C@H](CO)[C@@H](O[C@@H]9O[C@@H](C)[C@H](O)[C@@H](O)[C@H]9O)[C@H](O)[C@H]8O)[C@H]7O[C@@H]7O[C@H](CO)[C@@H](O)[C@H](O[C@@H]8O[C@H](CO)[C@@H](O)[C@H](O)[C@H]8O)[C@H]7O)[C@H](O)[C@H]6O)CC[C@]5(C)[C@H]4CC(=O)[C@]3(C)[C@H]2[C@@H]1C)CO[C@@H]1O[C@H](CO)[C@@H](O)[C@H](O)[C@H]1O. The number of hydrogen-bond donors (Lipinski definition) is 24. The van der Waals surface area contributed by atoms with Gasteiger partial charge in [0.2, 0.25) is 0 Å². The lowest BCUT2D eigenvalue weighted by Gasteiger charge is -2.62. The summed E-state index contributed by atoms with van der Waals surface area (Å²) in [4.78, 5) is 15.0. The average Bonchev–Trinajstić information content (AvgIpc) is 1.55. The highest BCUT2D eigenvalue weighted by Crippen LogP contribution is 2.70. The van der Waals surface area contributed by atoms with E-state index in [4.69, 9.17) is 71.1 Å². The molecule has 12 aliphatic rings. The molecule has 40 heteroatoms. The molecule has 0 bridgehead atoms. The fourth-order valence-corrected chi connectivity index (χ4v) is 19.8.